The van der Waals surface area contributed by atoms with Crippen LogP contribution in [-0.4, -0.2) is 35.6 Å². The van der Waals surface area contributed by atoms with Crippen LogP contribution in [0.2, 0.25) is 0 Å². The zero-order valence-electron chi connectivity index (χ0n) is 9.51. The molecule has 1 aliphatic rings. The van der Waals surface area contributed by atoms with Gasteiger partial charge in [-0.05, 0) is 0 Å². The molecule has 0 aliphatic carbocycles. The van der Waals surface area contributed by atoms with E-state index >= 15 is 0 Å². The molecule has 0 bridgehead atoms. The van der Waals surface area contributed by atoms with Gasteiger partial charge < -0.3 is 9.64 Å². The SMILES string of the molecule is CC(C)c1ncc(N2CCOCC2=O)cn1. The van der Waals surface area contributed by atoms with E-state index in [9.17, 15) is 4.79 Å². The van der Waals surface area contributed by atoms with Gasteiger partial charge in [-0.2, -0.15) is 0 Å². The van der Waals surface area contributed by atoms with Crippen LogP contribution in [0.3, 0.4) is 0 Å². The average molecular weight is 221 g/mol. The molecule has 1 fully saturated rings. The monoisotopic (exact) mass is 221 g/mol. The Kier molecular flexibility index (Phi) is 3.14. The van der Waals surface area contributed by atoms with Crippen molar-refractivity contribution in [1.82, 2.24) is 9.97 Å². The topological polar surface area (TPSA) is 55.3 Å². The minimum absolute atomic E-state index is 0.0350. The summed E-state index contributed by atoms with van der Waals surface area (Å²) in [4.78, 5) is 21.7. The van der Waals surface area contributed by atoms with Crippen LogP contribution in [0.5, 0.6) is 0 Å². The molecule has 0 atom stereocenters. The van der Waals surface area contributed by atoms with Crippen LogP contribution in [0, 0.1) is 0 Å². The third-order valence-corrected chi connectivity index (χ3v) is 2.47. The predicted molar refractivity (Wildman–Crippen MR) is 59.3 cm³/mol. The summed E-state index contributed by atoms with van der Waals surface area (Å²) >= 11 is 0. The Morgan fingerprint density at radius 1 is 1.38 bits per heavy atom. The fourth-order valence-corrected chi connectivity index (χ4v) is 1.56. The zero-order valence-corrected chi connectivity index (χ0v) is 9.51. The Bertz CT molecular complexity index is 375. The molecule has 1 aliphatic heterocycles. The van der Waals surface area contributed by atoms with Crippen LogP contribution in [0.1, 0.15) is 25.6 Å². The maximum atomic E-state index is 11.6. The molecule has 1 saturated heterocycles. The number of nitrogens with zero attached hydrogens (tertiary/aromatic N) is 3. The van der Waals surface area contributed by atoms with E-state index in [2.05, 4.69) is 9.97 Å². The van der Waals surface area contributed by atoms with E-state index in [0.29, 0.717) is 19.1 Å². The summed E-state index contributed by atoms with van der Waals surface area (Å²) in [6.07, 6.45) is 3.40. The van der Waals surface area contributed by atoms with E-state index in [1.54, 1.807) is 17.3 Å². The lowest BCUT2D eigenvalue weighted by atomic mass is 10.2. The van der Waals surface area contributed by atoms with Crippen molar-refractivity contribution in [1.29, 1.82) is 0 Å². The molecule has 1 aromatic rings. The Hall–Kier alpha value is -1.49. The fraction of sp³-hybridized carbons (Fsp3) is 0.545. The zero-order chi connectivity index (χ0) is 11.5. The molecule has 1 aromatic heterocycles. The van der Waals surface area contributed by atoms with E-state index < -0.39 is 0 Å². The molecule has 0 spiro atoms. The van der Waals surface area contributed by atoms with Crippen molar-refractivity contribution in [3.05, 3.63) is 18.2 Å². The number of rotatable bonds is 2. The molecule has 2 rings (SSSR count). The van der Waals surface area contributed by atoms with Crippen LogP contribution in [0.25, 0.3) is 0 Å². The molecule has 0 aromatic carbocycles. The first-order chi connectivity index (χ1) is 7.68. The quantitative estimate of drug-likeness (QED) is 0.746. The number of anilines is 1. The van der Waals surface area contributed by atoms with Crippen LogP contribution in [0.4, 0.5) is 5.69 Å². The smallest absolute Gasteiger partial charge is 0.253 e. The summed E-state index contributed by atoms with van der Waals surface area (Å²) in [5, 5.41) is 0. The van der Waals surface area contributed by atoms with E-state index in [-0.39, 0.29) is 12.5 Å². The molecule has 1 amide bonds. The predicted octanol–water partition coefficient (Wildman–Crippen LogP) is 0.963. The van der Waals surface area contributed by atoms with Gasteiger partial charge in [0.15, 0.2) is 0 Å². The largest absolute Gasteiger partial charge is 0.370 e. The molecule has 16 heavy (non-hydrogen) atoms. The molecule has 0 saturated carbocycles. The first-order valence-electron chi connectivity index (χ1n) is 5.38. The van der Waals surface area contributed by atoms with Gasteiger partial charge in [0, 0.05) is 12.5 Å². The number of hydrogen-bond acceptors (Lipinski definition) is 4. The highest BCUT2D eigenvalue weighted by atomic mass is 16.5. The minimum Gasteiger partial charge on any atom is -0.370 e. The summed E-state index contributed by atoms with van der Waals surface area (Å²) in [5.41, 5.74) is 0.748. The molecular weight excluding hydrogens is 206 g/mol. The van der Waals surface area contributed by atoms with Gasteiger partial charge >= 0.3 is 0 Å². The number of carbonyl (C=O) groups is 1. The van der Waals surface area contributed by atoms with Crippen molar-refractivity contribution >= 4 is 11.6 Å². The van der Waals surface area contributed by atoms with Gasteiger partial charge in [-0.1, -0.05) is 13.8 Å². The molecule has 0 unspecified atom stereocenters. The van der Waals surface area contributed by atoms with Crippen LogP contribution >= 0.6 is 0 Å². The number of carbonyl (C=O) groups excluding carboxylic acids is 1. The first kappa shape index (κ1) is 11.0. The summed E-state index contributed by atoms with van der Waals surface area (Å²) in [6, 6.07) is 0. The van der Waals surface area contributed by atoms with Crippen LogP contribution < -0.4 is 4.90 Å². The van der Waals surface area contributed by atoms with Gasteiger partial charge in [0.05, 0.1) is 24.7 Å². The highest BCUT2D eigenvalue weighted by molar-refractivity contribution is 5.94. The second-order valence-electron chi connectivity index (χ2n) is 4.05. The lowest BCUT2D eigenvalue weighted by Gasteiger charge is -2.26. The first-order valence-corrected chi connectivity index (χ1v) is 5.38. The van der Waals surface area contributed by atoms with E-state index in [0.717, 1.165) is 11.5 Å². The average Bonchev–Trinajstić information content (AvgIpc) is 2.30. The van der Waals surface area contributed by atoms with Crippen molar-refractivity contribution in [2.75, 3.05) is 24.7 Å². The van der Waals surface area contributed by atoms with E-state index in [4.69, 9.17) is 4.74 Å². The third kappa shape index (κ3) is 2.19. The summed E-state index contributed by atoms with van der Waals surface area (Å²) in [7, 11) is 0. The number of amides is 1. The maximum Gasteiger partial charge on any atom is 0.253 e. The van der Waals surface area contributed by atoms with Gasteiger partial charge in [-0.25, -0.2) is 9.97 Å². The second-order valence-corrected chi connectivity index (χ2v) is 4.05. The highest BCUT2D eigenvalue weighted by Gasteiger charge is 2.20. The Morgan fingerprint density at radius 2 is 2.06 bits per heavy atom. The third-order valence-electron chi connectivity index (χ3n) is 2.47. The standard InChI is InChI=1S/C11H15N3O2/c1-8(2)11-12-5-9(6-13-11)14-3-4-16-7-10(14)15/h5-6,8H,3-4,7H2,1-2H3. The number of morpholine rings is 1. The molecule has 0 N–H and O–H groups in total. The van der Waals surface area contributed by atoms with Crippen LogP contribution in [0.15, 0.2) is 12.4 Å². The van der Waals surface area contributed by atoms with Crippen LogP contribution in [-0.2, 0) is 9.53 Å². The van der Waals surface area contributed by atoms with E-state index in [1.807, 2.05) is 13.8 Å². The van der Waals surface area contributed by atoms with Crippen molar-refractivity contribution in [2.24, 2.45) is 0 Å². The molecule has 0 radical (unpaired) electrons. The van der Waals surface area contributed by atoms with E-state index in [1.165, 1.54) is 0 Å². The minimum atomic E-state index is -0.0350. The summed E-state index contributed by atoms with van der Waals surface area (Å²) < 4.78 is 5.06. The number of hydrogen-bond donors (Lipinski definition) is 0. The lowest BCUT2D eigenvalue weighted by Crippen LogP contribution is -2.41. The maximum absolute atomic E-state index is 11.6. The van der Waals surface area contributed by atoms with Gasteiger partial charge in [-0.15, -0.1) is 0 Å². The molecule has 86 valence electrons. The molecule has 2 heterocycles. The van der Waals surface area contributed by atoms with Gasteiger partial charge in [0.1, 0.15) is 12.4 Å². The second kappa shape index (κ2) is 4.57. The molecular formula is C11H15N3O2. The van der Waals surface area contributed by atoms with Gasteiger partial charge in [0.25, 0.3) is 5.91 Å². The Morgan fingerprint density at radius 3 is 2.62 bits per heavy atom. The van der Waals surface area contributed by atoms with Crippen molar-refractivity contribution < 1.29 is 9.53 Å². The molecule has 5 nitrogen and oxygen atoms in total. The number of ether oxygens (including phenoxy) is 1. The highest BCUT2D eigenvalue weighted by Crippen LogP contribution is 2.16. The fourth-order valence-electron chi connectivity index (χ4n) is 1.56. The van der Waals surface area contributed by atoms with Crippen molar-refractivity contribution in [3.8, 4) is 0 Å². The Balaban J connectivity index is 2.17. The van der Waals surface area contributed by atoms with Crippen molar-refractivity contribution in [2.45, 2.75) is 19.8 Å². The van der Waals surface area contributed by atoms with Gasteiger partial charge in [0.2, 0.25) is 0 Å². The summed E-state index contributed by atoms with van der Waals surface area (Å²) in [5.74, 6) is 1.06. The lowest BCUT2D eigenvalue weighted by molar-refractivity contribution is -0.125. The van der Waals surface area contributed by atoms with Crippen molar-refractivity contribution in [3.63, 3.8) is 0 Å². The summed E-state index contributed by atoms with van der Waals surface area (Å²) in [6.45, 7) is 5.36. The molecule has 5 heteroatoms. The number of aromatic nitrogens is 2. The van der Waals surface area contributed by atoms with Gasteiger partial charge in [-0.3, -0.25) is 4.79 Å². The normalized spacial score (nSPS) is 16.9. The Labute approximate surface area is 94.5 Å².